The first-order chi connectivity index (χ1) is 9.06. The molecule has 4 nitrogen and oxygen atoms in total. The second-order valence-corrected chi connectivity index (χ2v) is 5.11. The van der Waals surface area contributed by atoms with Crippen LogP contribution in [0.2, 0.25) is 0 Å². The van der Waals surface area contributed by atoms with Crippen molar-refractivity contribution in [1.82, 2.24) is 0 Å². The molecule has 0 spiro atoms. The third-order valence-corrected chi connectivity index (χ3v) is 3.88. The van der Waals surface area contributed by atoms with Crippen LogP contribution in [0.1, 0.15) is 25.8 Å². The zero-order valence-corrected chi connectivity index (χ0v) is 11.7. The van der Waals surface area contributed by atoms with E-state index in [1.165, 1.54) is 11.3 Å². The monoisotopic (exact) mass is 263 g/mol. The Balaban J connectivity index is 2.19. The third-order valence-electron chi connectivity index (χ3n) is 3.88. The van der Waals surface area contributed by atoms with Gasteiger partial charge in [0.05, 0.1) is 13.0 Å². The summed E-state index contributed by atoms with van der Waals surface area (Å²) in [7, 11) is 1.66. The number of hydrogen-bond donors (Lipinski definition) is 1. The van der Waals surface area contributed by atoms with Crippen LogP contribution in [0.5, 0.6) is 5.75 Å². The second kappa shape index (κ2) is 5.51. The summed E-state index contributed by atoms with van der Waals surface area (Å²) in [5.74, 6) is -0.165. The van der Waals surface area contributed by atoms with Crippen LogP contribution in [0.4, 0.5) is 5.69 Å². The van der Waals surface area contributed by atoms with Crippen molar-refractivity contribution in [3.05, 3.63) is 23.8 Å². The number of hydrogen-bond acceptors (Lipinski definition) is 3. The Morgan fingerprint density at radius 2 is 2.32 bits per heavy atom. The highest BCUT2D eigenvalue weighted by Gasteiger charge is 2.30. The second-order valence-electron chi connectivity index (χ2n) is 5.11. The number of aliphatic carboxylic acids is 1. The number of carboxylic acids is 1. The molecule has 4 heteroatoms. The van der Waals surface area contributed by atoms with Crippen LogP contribution in [0, 0.1) is 5.92 Å². The lowest BCUT2D eigenvalue weighted by Crippen LogP contribution is -2.34. The summed E-state index contributed by atoms with van der Waals surface area (Å²) in [5, 5.41) is 9.06. The molecule has 19 heavy (non-hydrogen) atoms. The molecule has 1 aliphatic rings. The Morgan fingerprint density at radius 1 is 1.58 bits per heavy atom. The largest absolute Gasteiger partial charge is 0.497 e. The molecule has 0 aromatic heterocycles. The Morgan fingerprint density at radius 3 is 2.89 bits per heavy atom. The van der Waals surface area contributed by atoms with E-state index in [-0.39, 0.29) is 12.0 Å². The molecule has 1 heterocycles. The van der Waals surface area contributed by atoms with Gasteiger partial charge in [-0.05, 0) is 43.5 Å². The zero-order chi connectivity index (χ0) is 14.0. The molecule has 104 valence electrons. The summed E-state index contributed by atoms with van der Waals surface area (Å²) in [6, 6.07) is 6.37. The number of rotatable bonds is 5. The minimum Gasteiger partial charge on any atom is -0.497 e. The van der Waals surface area contributed by atoms with Crippen LogP contribution in [0.15, 0.2) is 18.2 Å². The van der Waals surface area contributed by atoms with Gasteiger partial charge in [0.25, 0.3) is 0 Å². The average molecular weight is 263 g/mol. The highest BCUT2D eigenvalue weighted by atomic mass is 16.5. The maximum atomic E-state index is 11.0. The highest BCUT2D eigenvalue weighted by Crippen LogP contribution is 2.36. The number of anilines is 1. The van der Waals surface area contributed by atoms with Crippen molar-refractivity contribution in [2.45, 2.75) is 32.7 Å². The van der Waals surface area contributed by atoms with Gasteiger partial charge in [0.15, 0.2) is 0 Å². The topological polar surface area (TPSA) is 49.8 Å². The van der Waals surface area contributed by atoms with Gasteiger partial charge >= 0.3 is 5.97 Å². The zero-order valence-electron chi connectivity index (χ0n) is 11.7. The first-order valence-corrected chi connectivity index (χ1v) is 6.73. The summed E-state index contributed by atoms with van der Waals surface area (Å²) in [6.45, 7) is 4.79. The summed E-state index contributed by atoms with van der Waals surface area (Å²) >= 11 is 0. The van der Waals surface area contributed by atoms with Crippen LogP contribution in [-0.4, -0.2) is 30.8 Å². The van der Waals surface area contributed by atoms with Crippen molar-refractivity contribution in [1.29, 1.82) is 0 Å². The fourth-order valence-electron chi connectivity index (χ4n) is 2.84. The lowest BCUT2D eigenvalue weighted by molar-refractivity contribution is -0.141. The van der Waals surface area contributed by atoms with Crippen molar-refractivity contribution in [2.24, 2.45) is 5.92 Å². The van der Waals surface area contributed by atoms with Crippen molar-refractivity contribution >= 4 is 11.7 Å². The van der Waals surface area contributed by atoms with Gasteiger partial charge in [-0.2, -0.15) is 0 Å². The minimum absolute atomic E-state index is 0.276. The van der Waals surface area contributed by atoms with Crippen molar-refractivity contribution in [2.75, 3.05) is 18.6 Å². The molecule has 0 saturated carbocycles. The average Bonchev–Trinajstić information content (AvgIpc) is 2.74. The Bertz CT molecular complexity index is 472. The Kier molecular flexibility index (Phi) is 3.98. The van der Waals surface area contributed by atoms with Crippen LogP contribution in [-0.2, 0) is 11.2 Å². The van der Waals surface area contributed by atoms with Gasteiger partial charge in [-0.15, -0.1) is 0 Å². The molecule has 0 amide bonds. The normalized spacial score (nSPS) is 19.1. The molecule has 1 N–H and O–H groups in total. The molecule has 1 aliphatic heterocycles. The van der Waals surface area contributed by atoms with Crippen molar-refractivity contribution < 1.29 is 14.6 Å². The first-order valence-electron chi connectivity index (χ1n) is 6.73. The number of benzene rings is 1. The quantitative estimate of drug-likeness (QED) is 0.887. The molecule has 0 saturated heterocycles. The number of nitrogens with zero attached hydrogens (tertiary/aromatic N) is 1. The Labute approximate surface area is 114 Å². The number of methoxy groups -OCH3 is 1. The molecule has 0 radical (unpaired) electrons. The lowest BCUT2D eigenvalue weighted by atomic mass is 9.99. The van der Waals surface area contributed by atoms with E-state index in [2.05, 4.69) is 24.0 Å². The predicted octanol–water partition coefficient (Wildman–Crippen LogP) is 2.56. The molecule has 0 bridgehead atoms. The summed E-state index contributed by atoms with van der Waals surface area (Å²) in [5.41, 5.74) is 2.47. The number of ether oxygens (including phenoxy) is 1. The number of carboxylic acid groups (broad SMARTS) is 1. The summed E-state index contributed by atoms with van der Waals surface area (Å²) in [6.07, 6.45) is 1.58. The summed E-state index contributed by atoms with van der Waals surface area (Å²) < 4.78 is 5.25. The van der Waals surface area contributed by atoms with Gasteiger partial charge in [-0.3, -0.25) is 4.79 Å². The highest BCUT2D eigenvalue weighted by molar-refractivity contribution is 5.70. The molecule has 0 fully saturated rings. The smallest absolute Gasteiger partial charge is 0.306 e. The van der Waals surface area contributed by atoms with Gasteiger partial charge in [0.1, 0.15) is 5.75 Å². The van der Waals surface area contributed by atoms with Gasteiger partial charge in [0, 0.05) is 18.3 Å². The summed E-state index contributed by atoms with van der Waals surface area (Å²) in [4.78, 5) is 13.3. The fraction of sp³-hybridized carbons (Fsp3) is 0.533. The lowest BCUT2D eigenvalue weighted by Gasteiger charge is -2.27. The molecule has 2 rings (SSSR count). The van der Waals surface area contributed by atoms with Gasteiger partial charge in [0.2, 0.25) is 0 Å². The fourth-order valence-corrected chi connectivity index (χ4v) is 2.84. The van der Waals surface area contributed by atoms with Gasteiger partial charge in [-0.1, -0.05) is 6.92 Å². The van der Waals surface area contributed by atoms with E-state index in [4.69, 9.17) is 9.84 Å². The van der Waals surface area contributed by atoms with Crippen LogP contribution in [0.3, 0.4) is 0 Å². The number of likely N-dealkylation sites (N-methyl/N-ethyl adjacent to an activating group) is 1. The van der Waals surface area contributed by atoms with E-state index < -0.39 is 5.97 Å². The number of carbonyl (C=O) groups is 1. The minimum atomic E-state index is -0.718. The van der Waals surface area contributed by atoms with Crippen LogP contribution in [0.25, 0.3) is 0 Å². The predicted molar refractivity (Wildman–Crippen MR) is 74.9 cm³/mol. The molecule has 1 aromatic rings. The standard InChI is InChI=1S/C15H21NO3/c1-4-16-12(7-10(2)15(17)18)8-11-9-13(19-3)5-6-14(11)16/h5-6,9-10,12H,4,7-8H2,1-3H3,(H,17,18). The molecular weight excluding hydrogens is 242 g/mol. The molecular formula is C15H21NO3. The molecule has 2 unspecified atom stereocenters. The van der Waals surface area contributed by atoms with E-state index in [0.29, 0.717) is 6.42 Å². The maximum absolute atomic E-state index is 11.0. The van der Waals surface area contributed by atoms with E-state index in [1.54, 1.807) is 14.0 Å². The molecule has 0 aliphatic carbocycles. The van der Waals surface area contributed by atoms with Gasteiger partial charge < -0.3 is 14.7 Å². The SMILES string of the molecule is CCN1c2ccc(OC)cc2CC1CC(C)C(=O)O. The van der Waals surface area contributed by atoms with E-state index in [0.717, 1.165) is 18.7 Å². The van der Waals surface area contributed by atoms with Crippen molar-refractivity contribution in [3.63, 3.8) is 0 Å². The van der Waals surface area contributed by atoms with E-state index in [1.807, 2.05) is 6.07 Å². The van der Waals surface area contributed by atoms with Crippen LogP contribution < -0.4 is 9.64 Å². The third kappa shape index (κ3) is 2.67. The van der Waals surface area contributed by atoms with Crippen LogP contribution >= 0.6 is 0 Å². The molecule has 2 atom stereocenters. The molecule has 1 aromatic carbocycles. The van der Waals surface area contributed by atoms with Gasteiger partial charge in [-0.25, -0.2) is 0 Å². The maximum Gasteiger partial charge on any atom is 0.306 e. The Hall–Kier alpha value is -1.71. The number of fused-ring (bicyclic) bond motifs is 1. The van der Waals surface area contributed by atoms with E-state index in [9.17, 15) is 4.79 Å². The first kappa shape index (κ1) is 13.7. The van der Waals surface area contributed by atoms with Crippen molar-refractivity contribution in [3.8, 4) is 5.75 Å². The van der Waals surface area contributed by atoms with E-state index >= 15 is 0 Å².